The van der Waals surface area contributed by atoms with Gasteiger partial charge in [0.2, 0.25) is 5.91 Å². The van der Waals surface area contributed by atoms with E-state index in [0.717, 1.165) is 36.6 Å². The number of anilines is 1. The first-order valence-electron chi connectivity index (χ1n) is 8.69. The van der Waals surface area contributed by atoms with Crippen LogP contribution in [0.4, 0.5) is 5.69 Å². The summed E-state index contributed by atoms with van der Waals surface area (Å²) >= 11 is 0. The summed E-state index contributed by atoms with van der Waals surface area (Å²) in [4.78, 5) is 14.4. The zero-order chi connectivity index (χ0) is 17.1. The maximum absolute atomic E-state index is 12.5. The quantitative estimate of drug-likeness (QED) is 0.917. The minimum absolute atomic E-state index is 0.109. The first-order chi connectivity index (χ1) is 12.3. The van der Waals surface area contributed by atoms with Gasteiger partial charge in [-0.25, -0.2) is 0 Å². The van der Waals surface area contributed by atoms with E-state index in [1.807, 2.05) is 35.4 Å². The van der Waals surface area contributed by atoms with Gasteiger partial charge in [0.05, 0.1) is 0 Å². The molecule has 4 rings (SSSR count). The van der Waals surface area contributed by atoms with E-state index in [2.05, 4.69) is 10.4 Å². The molecule has 1 saturated heterocycles. The Bertz CT molecular complexity index is 732. The van der Waals surface area contributed by atoms with Crippen molar-refractivity contribution in [1.29, 1.82) is 0 Å². The maximum Gasteiger partial charge on any atom is 0.244 e. The van der Waals surface area contributed by atoms with Gasteiger partial charge in [0.1, 0.15) is 19.8 Å². The highest BCUT2D eigenvalue weighted by molar-refractivity contribution is 5.76. The van der Waals surface area contributed by atoms with Crippen molar-refractivity contribution in [2.45, 2.75) is 25.4 Å². The van der Waals surface area contributed by atoms with Crippen molar-refractivity contribution in [2.75, 3.05) is 31.6 Å². The third kappa shape index (κ3) is 3.70. The van der Waals surface area contributed by atoms with E-state index in [9.17, 15) is 4.79 Å². The Labute approximate surface area is 146 Å². The van der Waals surface area contributed by atoms with E-state index in [4.69, 9.17) is 9.47 Å². The molecular weight excluding hydrogens is 320 g/mol. The fraction of sp³-hybridized carbons (Fsp3) is 0.444. The van der Waals surface area contributed by atoms with Crippen LogP contribution in [0.25, 0.3) is 0 Å². The summed E-state index contributed by atoms with van der Waals surface area (Å²) in [5.74, 6) is 1.67. The van der Waals surface area contributed by atoms with Gasteiger partial charge in [0, 0.05) is 43.3 Å². The molecule has 1 N–H and O–H groups in total. The Morgan fingerprint density at radius 1 is 1.28 bits per heavy atom. The number of hydrogen-bond acceptors (Lipinski definition) is 5. The number of benzene rings is 1. The van der Waals surface area contributed by atoms with Gasteiger partial charge in [-0.15, -0.1) is 0 Å². The molecule has 7 nitrogen and oxygen atoms in total. The number of carbonyl (C=O) groups is 1. The van der Waals surface area contributed by atoms with Gasteiger partial charge < -0.3 is 19.7 Å². The molecule has 1 aromatic heterocycles. The fourth-order valence-corrected chi connectivity index (χ4v) is 3.32. The minimum atomic E-state index is 0.109. The zero-order valence-electron chi connectivity index (χ0n) is 14.1. The first kappa shape index (κ1) is 15.8. The summed E-state index contributed by atoms with van der Waals surface area (Å²) in [5.41, 5.74) is 0.996. The van der Waals surface area contributed by atoms with Crippen LogP contribution in [-0.4, -0.2) is 52.9 Å². The lowest BCUT2D eigenvalue weighted by Crippen LogP contribution is -2.46. The fourth-order valence-electron chi connectivity index (χ4n) is 3.32. The van der Waals surface area contributed by atoms with Crippen molar-refractivity contribution in [3.63, 3.8) is 0 Å². The molecule has 1 unspecified atom stereocenters. The van der Waals surface area contributed by atoms with E-state index < -0.39 is 0 Å². The highest BCUT2D eigenvalue weighted by Gasteiger charge is 2.24. The molecule has 2 aromatic rings. The summed E-state index contributed by atoms with van der Waals surface area (Å²) in [6, 6.07) is 7.96. The molecule has 1 amide bonds. The van der Waals surface area contributed by atoms with Crippen LogP contribution in [-0.2, 0) is 11.3 Å². The Morgan fingerprint density at radius 2 is 2.16 bits per heavy atom. The van der Waals surface area contributed by atoms with Crippen LogP contribution in [0.1, 0.15) is 12.8 Å². The van der Waals surface area contributed by atoms with Gasteiger partial charge in [-0.3, -0.25) is 9.48 Å². The first-order valence-corrected chi connectivity index (χ1v) is 8.69. The van der Waals surface area contributed by atoms with Crippen molar-refractivity contribution in [1.82, 2.24) is 14.7 Å². The highest BCUT2D eigenvalue weighted by Crippen LogP contribution is 2.33. The Morgan fingerprint density at radius 3 is 3.00 bits per heavy atom. The molecule has 132 valence electrons. The number of fused-ring (bicyclic) bond motifs is 1. The number of amides is 1. The molecule has 2 aliphatic rings. The molecular formula is C18H22N4O3. The Hall–Kier alpha value is -2.70. The Balaban J connectivity index is 1.37. The predicted octanol–water partition coefficient (Wildman–Crippen LogP) is 1.76. The SMILES string of the molecule is O=C(Cn1cccn1)N1CCCC(Nc2ccc3c(c2)OCCO3)C1. The lowest BCUT2D eigenvalue weighted by Gasteiger charge is -2.34. The third-order valence-corrected chi connectivity index (χ3v) is 4.54. The number of nitrogens with one attached hydrogen (secondary N) is 1. The summed E-state index contributed by atoms with van der Waals surface area (Å²) < 4.78 is 12.9. The van der Waals surface area contributed by atoms with Gasteiger partial charge in [-0.2, -0.15) is 5.10 Å². The molecule has 0 spiro atoms. The number of likely N-dealkylation sites (tertiary alicyclic amines) is 1. The van der Waals surface area contributed by atoms with Crippen LogP contribution in [0.15, 0.2) is 36.7 Å². The molecule has 0 aliphatic carbocycles. The molecule has 7 heteroatoms. The van der Waals surface area contributed by atoms with Crippen molar-refractivity contribution < 1.29 is 14.3 Å². The molecule has 0 saturated carbocycles. The van der Waals surface area contributed by atoms with Crippen molar-refractivity contribution >= 4 is 11.6 Å². The second-order valence-corrected chi connectivity index (χ2v) is 6.39. The molecule has 2 aliphatic heterocycles. The number of piperidine rings is 1. The van der Waals surface area contributed by atoms with Crippen LogP contribution < -0.4 is 14.8 Å². The second-order valence-electron chi connectivity index (χ2n) is 6.39. The second kappa shape index (κ2) is 7.04. The van der Waals surface area contributed by atoms with Crippen molar-refractivity contribution in [2.24, 2.45) is 0 Å². The number of rotatable bonds is 4. The number of aromatic nitrogens is 2. The lowest BCUT2D eigenvalue weighted by molar-refractivity contribution is -0.133. The summed E-state index contributed by atoms with van der Waals surface area (Å²) in [5, 5.41) is 7.63. The molecule has 1 fully saturated rings. The average molecular weight is 342 g/mol. The van der Waals surface area contributed by atoms with Crippen molar-refractivity contribution in [3.8, 4) is 11.5 Å². The number of hydrogen-bond donors (Lipinski definition) is 1. The monoisotopic (exact) mass is 342 g/mol. The van der Waals surface area contributed by atoms with Gasteiger partial charge >= 0.3 is 0 Å². The molecule has 1 atom stereocenters. The van der Waals surface area contributed by atoms with Crippen LogP contribution in [0.2, 0.25) is 0 Å². The molecule has 3 heterocycles. The standard InChI is InChI=1S/C18H22N4O3/c23-18(13-22-8-2-6-19-22)21-7-1-3-15(12-21)20-14-4-5-16-17(11-14)25-10-9-24-16/h2,4-6,8,11,15,20H,1,3,7,9-10,12-13H2. The number of carbonyl (C=O) groups excluding carboxylic acids is 1. The van der Waals surface area contributed by atoms with Crippen molar-refractivity contribution in [3.05, 3.63) is 36.7 Å². The lowest BCUT2D eigenvalue weighted by atomic mass is 10.0. The van der Waals surface area contributed by atoms with Gasteiger partial charge in [-0.05, 0) is 31.0 Å². The molecule has 0 radical (unpaired) electrons. The Kier molecular flexibility index (Phi) is 4.45. The maximum atomic E-state index is 12.5. The van der Waals surface area contributed by atoms with Crippen LogP contribution in [0.5, 0.6) is 11.5 Å². The van der Waals surface area contributed by atoms with E-state index >= 15 is 0 Å². The van der Waals surface area contributed by atoms with E-state index in [1.165, 1.54) is 0 Å². The summed E-state index contributed by atoms with van der Waals surface area (Å²) in [6.07, 6.45) is 5.54. The summed E-state index contributed by atoms with van der Waals surface area (Å²) in [6.45, 7) is 2.98. The van der Waals surface area contributed by atoms with E-state index in [1.54, 1.807) is 10.9 Å². The van der Waals surface area contributed by atoms with Crippen LogP contribution in [0, 0.1) is 0 Å². The smallest absolute Gasteiger partial charge is 0.244 e. The average Bonchev–Trinajstić information content (AvgIpc) is 3.15. The van der Waals surface area contributed by atoms with Gasteiger partial charge in [0.25, 0.3) is 0 Å². The summed E-state index contributed by atoms with van der Waals surface area (Å²) in [7, 11) is 0. The van der Waals surface area contributed by atoms with Crippen LogP contribution >= 0.6 is 0 Å². The number of nitrogens with zero attached hydrogens (tertiary/aromatic N) is 3. The normalized spacial score (nSPS) is 19.5. The largest absolute Gasteiger partial charge is 0.486 e. The highest BCUT2D eigenvalue weighted by atomic mass is 16.6. The third-order valence-electron chi connectivity index (χ3n) is 4.54. The van der Waals surface area contributed by atoms with E-state index in [-0.39, 0.29) is 11.9 Å². The number of ether oxygens (including phenoxy) is 2. The molecule has 0 bridgehead atoms. The topological polar surface area (TPSA) is 68.6 Å². The zero-order valence-corrected chi connectivity index (χ0v) is 14.1. The predicted molar refractivity (Wildman–Crippen MR) is 92.9 cm³/mol. The molecule has 25 heavy (non-hydrogen) atoms. The molecule has 1 aromatic carbocycles. The van der Waals surface area contributed by atoms with Gasteiger partial charge in [-0.1, -0.05) is 0 Å². The minimum Gasteiger partial charge on any atom is -0.486 e. The van der Waals surface area contributed by atoms with Gasteiger partial charge in [0.15, 0.2) is 11.5 Å². The van der Waals surface area contributed by atoms with E-state index in [0.29, 0.717) is 26.3 Å². The van der Waals surface area contributed by atoms with Crippen LogP contribution in [0.3, 0.4) is 0 Å².